The molecule has 1 amide bonds. The molecule has 0 bridgehead atoms. The Balaban J connectivity index is 2.54. The van der Waals surface area contributed by atoms with Crippen molar-refractivity contribution in [1.82, 2.24) is 9.97 Å². The van der Waals surface area contributed by atoms with Crippen LogP contribution in [0, 0.1) is 0 Å². The maximum atomic E-state index is 11.0. The molecule has 0 spiro atoms. The summed E-state index contributed by atoms with van der Waals surface area (Å²) in [6.07, 6.45) is 5.79. The van der Waals surface area contributed by atoms with E-state index in [1.165, 1.54) is 18.7 Å². The van der Waals surface area contributed by atoms with Crippen molar-refractivity contribution >= 4 is 17.6 Å². The van der Waals surface area contributed by atoms with E-state index in [-0.39, 0.29) is 0 Å². The number of aliphatic carboxylic acids is 1. The van der Waals surface area contributed by atoms with Crippen LogP contribution in [0.25, 0.3) is 0 Å². The summed E-state index contributed by atoms with van der Waals surface area (Å²) in [6.45, 7) is 0. The Morgan fingerprint density at radius 3 is 2.50 bits per heavy atom. The lowest BCUT2D eigenvalue weighted by molar-refractivity contribution is -0.131. The van der Waals surface area contributed by atoms with Crippen molar-refractivity contribution < 1.29 is 14.7 Å². The highest BCUT2D eigenvalue weighted by molar-refractivity contribution is 6.02. The van der Waals surface area contributed by atoms with Gasteiger partial charge in [0.05, 0.1) is 18.1 Å². The van der Waals surface area contributed by atoms with Crippen LogP contribution >= 0.6 is 0 Å². The summed E-state index contributed by atoms with van der Waals surface area (Å²) in [5, 5.41) is 10.6. The Morgan fingerprint density at radius 1 is 1.29 bits per heavy atom. The van der Waals surface area contributed by atoms with Crippen LogP contribution in [-0.2, 0) is 9.59 Å². The fraction of sp³-hybridized carbons (Fsp3) is 0. The number of carbonyl (C=O) groups is 2. The van der Waals surface area contributed by atoms with E-state index in [1.807, 2.05) is 0 Å². The van der Waals surface area contributed by atoms with Crippen LogP contribution < -0.4 is 5.32 Å². The second kappa shape index (κ2) is 4.70. The number of carbonyl (C=O) groups excluding carboxylic acids is 1. The third kappa shape index (κ3) is 3.44. The number of hydrogen-bond acceptors (Lipinski definition) is 4. The molecule has 0 radical (unpaired) electrons. The highest BCUT2D eigenvalue weighted by atomic mass is 16.4. The molecule has 0 fully saturated rings. The maximum absolute atomic E-state index is 11.0. The van der Waals surface area contributed by atoms with Crippen molar-refractivity contribution in [3.63, 3.8) is 0 Å². The molecule has 0 saturated carbocycles. The minimum atomic E-state index is -1.18. The third-order valence-corrected chi connectivity index (χ3v) is 1.21. The number of nitrogens with one attached hydrogen (secondary N) is 1. The van der Waals surface area contributed by atoms with Crippen LogP contribution in [0.2, 0.25) is 0 Å². The van der Waals surface area contributed by atoms with Gasteiger partial charge in [-0.05, 0) is 0 Å². The van der Waals surface area contributed by atoms with E-state index in [1.54, 1.807) is 0 Å². The second-order valence-corrected chi connectivity index (χ2v) is 2.29. The number of rotatable bonds is 3. The molecule has 0 unspecified atom stereocenters. The van der Waals surface area contributed by atoms with Gasteiger partial charge in [-0.2, -0.15) is 0 Å². The summed E-state index contributed by atoms with van der Waals surface area (Å²) in [4.78, 5) is 28.4. The van der Waals surface area contributed by atoms with Crippen molar-refractivity contribution in [2.45, 2.75) is 0 Å². The molecular formula is C8H7N3O3. The number of hydrogen-bond donors (Lipinski definition) is 2. The highest BCUT2D eigenvalue weighted by Gasteiger charge is 1.97. The van der Waals surface area contributed by atoms with E-state index < -0.39 is 11.9 Å². The SMILES string of the molecule is O=C(O)/C=C\C(=O)Nc1cncnc1. The first-order valence-electron chi connectivity index (χ1n) is 3.65. The summed E-state index contributed by atoms with van der Waals surface area (Å²) < 4.78 is 0. The van der Waals surface area contributed by atoms with Gasteiger partial charge in [0, 0.05) is 12.2 Å². The minimum Gasteiger partial charge on any atom is -0.478 e. The Hall–Kier alpha value is -2.24. The number of amides is 1. The van der Waals surface area contributed by atoms with Gasteiger partial charge in [0.25, 0.3) is 0 Å². The predicted octanol–water partition coefficient (Wildman–Crippen LogP) is 0.0559. The average molecular weight is 193 g/mol. The molecule has 1 aromatic rings. The molecular weight excluding hydrogens is 186 g/mol. The fourth-order valence-electron chi connectivity index (χ4n) is 0.695. The molecule has 1 aromatic heterocycles. The lowest BCUT2D eigenvalue weighted by Crippen LogP contribution is -2.08. The largest absolute Gasteiger partial charge is 0.478 e. The molecule has 72 valence electrons. The second-order valence-electron chi connectivity index (χ2n) is 2.29. The van der Waals surface area contributed by atoms with E-state index in [4.69, 9.17) is 5.11 Å². The summed E-state index contributed by atoms with van der Waals surface area (Å²) >= 11 is 0. The quantitative estimate of drug-likeness (QED) is 0.662. The summed E-state index contributed by atoms with van der Waals surface area (Å²) in [6, 6.07) is 0. The lowest BCUT2D eigenvalue weighted by Gasteiger charge is -1.98. The van der Waals surface area contributed by atoms with Crippen molar-refractivity contribution in [2.75, 3.05) is 5.32 Å². The monoisotopic (exact) mass is 193 g/mol. The van der Waals surface area contributed by atoms with Gasteiger partial charge in [-0.3, -0.25) is 4.79 Å². The van der Waals surface area contributed by atoms with Crippen molar-refractivity contribution in [3.8, 4) is 0 Å². The zero-order valence-electron chi connectivity index (χ0n) is 7.04. The van der Waals surface area contributed by atoms with E-state index in [9.17, 15) is 9.59 Å². The molecule has 1 rings (SSSR count). The summed E-state index contributed by atoms with van der Waals surface area (Å²) in [5.41, 5.74) is 0.410. The Morgan fingerprint density at radius 2 is 1.93 bits per heavy atom. The first-order chi connectivity index (χ1) is 6.68. The van der Waals surface area contributed by atoms with Gasteiger partial charge in [0.2, 0.25) is 5.91 Å². The molecule has 0 saturated heterocycles. The molecule has 0 aliphatic carbocycles. The summed E-state index contributed by atoms with van der Waals surface area (Å²) in [5.74, 6) is -1.72. The zero-order valence-corrected chi connectivity index (χ0v) is 7.04. The van der Waals surface area contributed by atoms with Crippen LogP contribution in [0.15, 0.2) is 30.9 Å². The lowest BCUT2D eigenvalue weighted by atomic mass is 10.4. The Bertz CT molecular complexity index is 361. The fourth-order valence-corrected chi connectivity index (χ4v) is 0.695. The minimum absolute atomic E-state index is 0.410. The topological polar surface area (TPSA) is 92.2 Å². The van der Waals surface area contributed by atoms with E-state index in [2.05, 4.69) is 15.3 Å². The molecule has 0 aliphatic heterocycles. The van der Waals surface area contributed by atoms with Crippen molar-refractivity contribution in [3.05, 3.63) is 30.9 Å². The Labute approximate surface area is 79.3 Å². The highest BCUT2D eigenvalue weighted by Crippen LogP contribution is 1.99. The standard InChI is InChI=1S/C8H7N3O3/c12-7(1-2-8(13)14)11-6-3-9-5-10-4-6/h1-5H,(H,11,12)(H,13,14)/b2-1-. The number of anilines is 1. The van der Waals surface area contributed by atoms with E-state index in [0.29, 0.717) is 5.69 Å². The normalized spacial score (nSPS) is 10.0. The predicted molar refractivity (Wildman–Crippen MR) is 47.4 cm³/mol. The third-order valence-electron chi connectivity index (χ3n) is 1.21. The van der Waals surface area contributed by atoms with Crippen LogP contribution in [0.1, 0.15) is 0 Å². The van der Waals surface area contributed by atoms with Crippen LogP contribution in [0.5, 0.6) is 0 Å². The van der Waals surface area contributed by atoms with Crippen molar-refractivity contribution in [2.24, 2.45) is 0 Å². The smallest absolute Gasteiger partial charge is 0.328 e. The van der Waals surface area contributed by atoms with Gasteiger partial charge in [0.15, 0.2) is 0 Å². The maximum Gasteiger partial charge on any atom is 0.328 e. The number of carboxylic acids is 1. The number of carboxylic acid groups (broad SMARTS) is 1. The molecule has 1 heterocycles. The molecule has 2 N–H and O–H groups in total. The van der Waals surface area contributed by atoms with E-state index >= 15 is 0 Å². The van der Waals surface area contributed by atoms with Crippen LogP contribution in [0.3, 0.4) is 0 Å². The molecule has 0 atom stereocenters. The molecule has 0 aliphatic rings. The number of nitrogens with zero attached hydrogens (tertiary/aromatic N) is 2. The van der Waals surface area contributed by atoms with Gasteiger partial charge >= 0.3 is 5.97 Å². The molecule has 0 aromatic carbocycles. The van der Waals surface area contributed by atoms with Crippen LogP contribution in [-0.4, -0.2) is 27.0 Å². The molecule has 6 heteroatoms. The van der Waals surface area contributed by atoms with Gasteiger partial charge in [-0.25, -0.2) is 14.8 Å². The molecule has 14 heavy (non-hydrogen) atoms. The van der Waals surface area contributed by atoms with Crippen molar-refractivity contribution in [1.29, 1.82) is 0 Å². The van der Waals surface area contributed by atoms with Crippen LogP contribution in [0.4, 0.5) is 5.69 Å². The van der Waals surface area contributed by atoms with Gasteiger partial charge in [0.1, 0.15) is 6.33 Å². The average Bonchev–Trinajstić information content (AvgIpc) is 2.16. The first kappa shape index (κ1) is 9.85. The number of aromatic nitrogens is 2. The molecule has 6 nitrogen and oxygen atoms in total. The zero-order chi connectivity index (χ0) is 10.4. The first-order valence-corrected chi connectivity index (χ1v) is 3.65. The van der Waals surface area contributed by atoms with Gasteiger partial charge < -0.3 is 10.4 Å². The van der Waals surface area contributed by atoms with E-state index in [0.717, 1.165) is 12.2 Å². The van der Waals surface area contributed by atoms with Gasteiger partial charge in [-0.15, -0.1) is 0 Å². The Kier molecular flexibility index (Phi) is 3.31. The van der Waals surface area contributed by atoms with Gasteiger partial charge in [-0.1, -0.05) is 0 Å². The summed E-state index contributed by atoms with van der Waals surface area (Å²) in [7, 11) is 0.